The SMILES string of the molecule is CCOc1ccc(C(=O)O)cc1S(=O)(=O)N1CCCC1. The first kappa shape index (κ1) is 14.8. The largest absolute Gasteiger partial charge is 0.492 e. The molecule has 6 nitrogen and oxygen atoms in total. The quantitative estimate of drug-likeness (QED) is 0.892. The molecule has 0 atom stereocenters. The molecule has 0 amide bonds. The summed E-state index contributed by atoms with van der Waals surface area (Å²) in [4.78, 5) is 11.0. The molecule has 1 N–H and O–H groups in total. The molecule has 1 aliphatic heterocycles. The smallest absolute Gasteiger partial charge is 0.335 e. The van der Waals surface area contributed by atoms with E-state index in [-0.39, 0.29) is 16.2 Å². The molecule has 1 aliphatic rings. The van der Waals surface area contributed by atoms with Crippen LogP contribution in [0.5, 0.6) is 5.75 Å². The van der Waals surface area contributed by atoms with Crippen molar-refractivity contribution in [2.24, 2.45) is 0 Å². The molecule has 0 radical (unpaired) electrons. The molecule has 0 saturated carbocycles. The standard InChI is InChI=1S/C13H17NO5S/c1-2-19-11-6-5-10(13(15)16)9-12(11)20(17,18)14-7-3-4-8-14/h5-6,9H,2-4,7-8H2,1H3,(H,15,16). The van der Waals surface area contributed by atoms with E-state index in [0.717, 1.165) is 12.8 Å². The first-order chi connectivity index (χ1) is 9.46. The summed E-state index contributed by atoms with van der Waals surface area (Å²) in [6.45, 7) is 2.99. The monoisotopic (exact) mass is 299 g/mol. The van der Waals surface area contributed by atoms with Crippen LogP contribution < -0.4 is 4.74 Å². The number of carboxylic acid groups (broad SMARTS) is 1. The highest BCUT2D eigenvalue weighted by Gasteiger charge is 2.30. The van der Waals surface area contributed by atoms with Crippen LogP contribution in [0.1, 0.15) is 30.1 Å². The number of nitrogens with zero attached hydrogens (tertiary/aromatic N) is 1. The Morgan fingerprint density at radius 2 is 2.00 bits per heavy atom. The van der Waals surface area contributed by atoms with Gasteiger partial charge in [-0.3, -0.25) is 0 Å². The normalized spacial score (nSPS) is 16.2. The number of hydrogen-bond acceptors (Lipinski definition) is 4. The van der Waals surface area contributed by atoms with Crippen molar-refractivity contribution >= 4 is 16.0 Å². The van der Waals surface area contributed by atoms with Gasteiger partial charge in [-0.25, -0.2) is 13.2 Å². The molecule has 1 heterocycles. The number of sulfonamides is 1. The number of aromatic carboxylic acids is 1. The second-order valence-electron chi connectivity index (χ2n) is 4.51. The molecule has 0 aliphatic carbocycles. The fraction of sp³-hybridized carbons (Fsp3) is 0.462. The van der Waals surface area contributed by atoms with Crippen LogP contribution in [0.4, 0.5) is 0 Å². The molecular weight excluding hydrogens is 282 g/mol. The van der Waals surface area contributed by atoms with Crippen molar-refractivity contribution < 1.29 is 23.1 Å². The summed E-state index contributed by atoms with van der Waals surface area (Å²) in [5.41, 5.74) is -0.0637. The number of carboxylic acids is 1. The third-order valence-corrected chi connectivity index (χ3v) is 5.09. The van der Waals surface area contributed by atoms with E-state index in [2.05, 4.69) is 0 Å². The van der Waals surface area contributed by atoms with E-state index < -0.39 is 16.0 Å². The molecule has 0 aromatic heterocycles. The lowest BCUT2D eigenvalue weighted by molar-refractivity contribution is 0.0696. The molecule has 1 aromatic rings. The maximum atomic E-state index is 12.6. The van der Waals surface area contributed by atoms with Crippen molar-refractivity contribution in [1.82, 2.24) is 4.31 Å². The van der Waals surface area contributed by atoms with Gasteiger partial charge in [-0.05, 0) is 38.0 Å². The number of benzene rings is 1. The second-order valence-corrected chi connectivity index (χ2v) is 6.42. The summed E-state index contributed by atoms with van der Waals surface area (Å²) in [5.74, 6) is -0.963. The van der Waals surface area contributed by atoms with Gasteiger partial charge in [0.15, 0.2) is 0 Å². The van der Waals surface area contributed by atoms with E-state index in [1.54, 1.807) is 6.92 Å². The van der Waals surface area contributed by atoms with Gasteiger partial charge in [0, 0.05) is 13.1 Å². The predicted molar refractivity (Wildman–Crippen MR) is 72.6 cm³/mol. The Labute approximate surface area is 118 Å². The van der Waals surface area contributed by atoms with Crippen LogP contribution in [0.15, 0.2) is 23.1 Å². The summed E-state index contributed by atoms with van der Waals surface area (Å²) in [6.07, 6.45) is 1.64. The van der Waals surface area contributed by atoms with Crippen LogP contribution in [0.2, 0.25) is 0 Å². The molecule has 7 heteroatoms. The Kier molecular flexibility index (Phi) is 4.29. The van der Waals surface area contributed by atoms with E-state index in [0.29, 0.717) is 19.7 Å². The third kappa shape index (κ3) is 2.78. The molecular formula is C13H17NO5S. The Morgan fingerprint density at radius 1 is 1.35 bits per heavy atom. The highest BCUT2D eigenvalue weighted by molar-refractivity contribution is 7.89. The van der Waals surface area contributed by atoms with Crippen molar-refractivity contribution in [2.45, 2.75) is 24.7 Å². The highest BCUT2D eigenvalue weighted by atomic mass is 32.2. The van der Waals surface area contributed by atoms with Gasteiger partial charge in [-0.1, -0.05) is 0 Å². The number of carbonyl (C=O) groups is 1. The van der Waals surface area contributed by atoms with Crippen molar-refractivity contribution in [3.63, 3.8) is 0 Å². The number of rotatable bonds is 5. The van der Waals surface area contributed by atoms with Crippen LogP contribution in [0.3, 0.4) is 0 Å². The van der Waals surface area contributed by atoms with Gasteiger partial charge in [0.1, 0.15) is 10.6 Å². The van der Waals surface area contributed by atoms with E-state index in [1.807, 2.05) is 0 Å². The van der Waals surface area contributed by atoms with Gasteiger partial charge in [0.25, 0.3) is 0 Å². The zero-order valence-corrected chi connectivity index (χ0v) is 12.0. The van der Waals surface area contributed by atoms with Crippen molar-refractivity contribution in [3.8, 4) is 5.75 Å². The molecule has 2 rings (SSSR count). The van der Waals surface area contributed by atoms with E-state index in [4.69, 9.17) is 9.84 Å². The first-order valence-corrected chi connectivity index (χ1v) is 7.91. The highest BCUT2D eigenvalue weighted by Crippen LogP contribution is 2.30. The maximum absolute atomic E-state index is 12.6. The summed E-state index contributed by atoms with van der Waals surface area (Å²) >= 11 is 0. The Bertz CT molecular complexity index is 605. The Balaban J connectivity index is 2.51. The van der Waals surface area contributed by atoms with Gasteiger partial charge in [-0.2, -0.15) is 4.31 Å². The first-order valence-electron chi connectivity index (χ1n) is 6.47. The third-order valence-electron chi connectivity index (χ3n) is 3.17. The van der Waals surface area contributed by atoms with Crippen LogP contribution in [0, 0.1) is 0 Å². The van der Waals surface area contributed by atoms with Crippen LogP contribution in [-0.4, -0.2) is 43.5 Å². The summed E-state index contributed by atoms with van der Waals surface area (Å²) in [7, 11) is -3.70. The van der Waals surface area contributed by atoms with E-state index >= 15 is 0 Å². The lowest BCUT2D eigenvalue weighted by atomic mass is 10.2. The molecule has 0 bridgehead atoms. The molecule has 1 fully saturated rings. The van der Waals surface area contributed by atoms with Crippen molar-refractivity contribution in [3.05, 3.63) is 23.8 Å². The van der Waals surface area contributed by atoms with Crippen LogP contribution in [0.25, 0.3) is 0 Å². The fourth-order valence-corrected chi connectivity index (χ4v) is 3.86. The van der Waals surface area contributed by atoms with E-state index in [1.165, 1.54) is 22.5 Å². The minimum atomic E-state index is -3.70. The van der Waals surface area contributed by atoms with Crippen LogP contribution >= 0.6 is 0 Å². The molecule has 110 valence electrons. The molecule has 20 heavy (non-hydrogen) atoms. The predicted octanol–water partition coefficient (Wildman–Crippen LogP) is 1.57. The molecule has 0 unspecified atom stereocenters. The van der Waals surface area contributed by atoms with Gasteiger partial charge in [-0.15, -0.1) is 0 Å². The lowest BCUT2D eigenvalue weighted by Crippen LogP contribution is -2.28. The number of hydrogen-bond donors (Lipinski definition) is 1. The van der Waals surface area contributed by atoms with Gasteiger partial charge in [0.05, 0.1) is 12.2 Å². The number of ether oxygens (including phenoxy) is 1. The summed E-state index contributed by atoms with van der Waals surface area (Å²) in [5, 5.41) is 9.01. The van der Waals surface area contributed by atoms with Gasteiger partial charge in [0.2, 0.25) is 10.0 Å². The lowest BCUT2D eigenvalue weighted by Gasteiger charge is -2.18. The topological polar surface area (TPSA) is 83.9 Å². The minimum absolute atomic E-state index is 0.0637. The van der Waals surface area contributed by atoms with Gasteiger partial charge < -0.3 is 9.84 Å². The molecule has 0 spiro atoms. The summed E-state index contributed by atoms with van der Waals surface area (Å²) < 4.78 is 31.8. The minimum Gasteiger partial charge on any atom is -0.492 e. The maximum Gasteiger partial charge on any atom is 0.335 e. The van der Waals surface area contributed by atoms with Crippen molar-refractivity contribution in [2.75, 3.05) is 19.7 Å². The average molecular weight is 299 g/mol. The van der Waals surface area contributed by atoms with Crippen molar-refractivity contribution in [1.29, 1.82) is 0 Å². The Morgan fingerprint density at radius 3 is 2.55 bits per heavy atom. The zero-order valence-electron chi connectivity index (χ0n) is 11.2. The molecule has 1 saturated heterocycles. The Hall–Kier alpha value is -1.60. The summed E-state index contributed by atoms with van der Waals surface area (Å²) in [6, 6.07) is 3.91. The molecule has 1 aromatic carbocycles. The zero-order chi connectivity index (χ0) is 14.8. The second kappa shape index (κ2) is 5.80. The average Bonchev–Trinajstić information content (AvgIpc) is 2.93. The van der Waals surface area contributed by atoms with Gasteiger partial charge >= 0.3 is 5.97 Å². The van der Waals surface area contributed by atoms with Crippen LogP contribution in [-0.2, 0) is 10.0 Å². The fourth-order valence-electron chi connectivity index (χ4n) is 2.18. The van der Waals surface area contributed by atoms with E-state index in [9.17, 15) is 13.2 Å².